The molecule has 3 rings (SSSR count). The van der Waals surface area contributed by atoms with E-state index in [2.05, 4.69) is 16.3 Å². The molecule has 0 aromatic heterocycles. The summed E-state index contributed by atoms with van der Waals surface area (Å²) < 4.78 is 0. The fourth-order valence-corrected chi connectivity index (χ4v) is 3.54. The summed E-state index contributed by atoms with van der Waals surface area (Å²) in [7, 11) is 0. The Morgan fingerprint density at radius 3 is 2.69 bits per heavy atom. The number of benzene rings is 2. The van der Waals surface area contributed by atoms with Crippen LogP contribution in [0.4, 0.5) is 5.69 Å². The van der Waals surface area contributed by atoms with Gasteiger partial charge in [-0.3, -0.25) is 9.69 Å². The van der Waals surface area contributed by atoms with Crippen LogP contribution in [0.2, 0.25) is 10.0 Å². The molecule has 4 nitrogen and oxygen atoms in total. The molecule has 1 aliphatic rings. The molecule has 2 N–H and O–H groups in total. The number of rotatable bonds is 6. The van der Waals surface area contributed by atoms with Crippen LogP contribution in [0.15, 0.2) is 36.4 Å². The first-order valence-corrected chi connectivity index (χ1v) is 9.40. The average molecular weight is 393 g/mol. The van der Waals surface area contributed by atoms with Gasteiger partial charge in [-0.2, -0.15) is 0 Å². The number of halogens is 2. The van der Waals surface area contributed by atoms with Crippen molar-refractivity contribution in [3.63, 3.8) is 0 Å². The number of nitrogens with zero attached hydrogens (tertiary/aromatic N) is 1. The van der Waals surface area contributed by atoms with Crippen LogP contribution in [-0.4, -0.2) is 29.1 Å². The molecule has 1 atom stereocenters. The molecule has 2 aromatic rings. The normalized spacial score (nSPS) is 17.4. The zero-order valence-electron chi connectivity index (χ0n) is 14.6. The fraction of sp³-hybridized carbons (Fsp3) is 0.350. The van der Waals surface area contributed by atoms with Gasteiger partial charge in [0.15, 0.2) is 0 Å². The van der Waals surface area contributed by atoms with E-state index < -0.39 is 5.97 Å². The topological polar surface area (TPSA) is 52.6 Å². The molecule has 1 unspecified atom stereocenters. The van der Waals surface area contributed by atoms with Gasteiger partial charge in [0.2, 0.25) is 0 Å². The molecule has 0 aliphatic carbocycles. The van der Waals surface area contributed by atoms with Gasteiger partial charge in [0.1, 0.15) is 0 Å². The number of nitrogens with one attached hydrogen (secondary N) is 1. The molecule has 0 saturated carbocycles. The molecular weight excluding hydrogens is 371 g/mol. The Labute approximate surface area is 163 Å². The van der Waals surface area contributed by atoms with E-state index in [1.54, 1.807) is 0 Å². The number of hydrogen-bond donors (Lipinski definition) is 2. The molecule has 1 heterocycles. The minimum Gasteiger partial charge on any atom is -0.481 e. The van der Waals surface area contributed by atoms with E-state index >= 15 is 0 Å². The maximum Gasteiger partial charge on any atom is 0.307 e. The second kappa shape index (κ2) is 8.30. The number of anilines is 1. The summed E-state index contributed by atoms with van der Waals surface area (Å²) in [4.78, 5) is 13.3. The number of carboxylic acid groups (broad SMARTS) is 1. The minimum absolute atomic E-state index is 0.275. The van der Waals surface area contributed by atoms with Crippen LogP contribution in [0.5, 0.6) is 0 Å². The van der Waals surface area contributed by atoms with E-state index in [9.17, 15) is 4.79 Å². The second-order valence-corrected chi connectivity index (χ2v) is 7.62. The van der Waals surface area contributed by atoms with Crippen molar-refractivity contribution in [3.8, 4) is 0 Å². The predicted octanol–water partition coefficient (Wildman–Crippen LogP) is 4.82. The molecule has 0 amide bonds. The molecule has 138 valence electrons. The molecule has 1 aliphatic heterocycles. The average Bonchev–Trinajstić information content (AvgIpc) is 3.07. The molecule has 1 fully saturated rings. The monoisotopic (exact) mass is 392 g/mol. The van der Waals surface area contributed by atoms with Crippen LogP contribution in [0.3, 0.4) is 0 Å². The first kappa shape index (κ1) is 19.0. The molecule has 0 bridgehead atoms. The summed E-state index contributed by atoms with van der Waals surface area (Å²) in [6, 6.07) is 11.9. The van der Waals surface area contributed by atoms with Crippen molar-refractivity contribution in [2.24, 2.45) is 5.92 Å². The van der Waals surface area contributed by atoms with E-state index in [1.165, 1.54) is 0 Å². The highest BCUT2D eigenvalue weighted by Gasteiger charge is 2.28. The Kier molecular flexibility index (Phi) is 6.07. The van der Waals surface area contributed by atoms with E-state index in [-0.39, 0.29) is 5.92 Å². The van der Waals surface area contributed by atoms with Crippen molar-refractivity contribution in [1.29, 1.82) is 0 Å². The Hall–Kier alpha value is -1.75. The number of hydrogen-bond acceptors (Lipinski definition) is 3. The van der Waals surface area contributed by atoms with Crippen LogP contribution in [0, 0.1) is 12.8 Å². The maximum absolute atomic E-state index is 11.1. The predicted molar refractivity (Wildman–Crippen MR) is 106 cm³/mol. The summed E-state index contributed by atoms with van der Waals surface area (Å²) in [6.07, 6.45) is 0.695. The second-order valence-electron chi connectivity index (χ2n) is 6.80. The van der Waals surface area contributed by atoms with Gasteiger partial charge < -0.3 is 10.4 Å². The third-order valence-corrected chi connectivity index (χ3v) is 5.57. The Morgan fingerprint density at radius 1 is 1.23 bits per heavy atom. The lowest BCUT2D eigenvalue weighted by Gasteiger charge is -2.17. The highest BCUT2D eigenvalue weighted by molar-refractivity contribution is 6.31. The molecule has 0 radical (unpaired) electrons. The first-order valence-electron chi connectivity index (χ1n) is 8.65. The van der Waals surface area contributed by atoms with Gasteiger partial charge in [-0.05, 0) is 60.8 Å². The molecule has 1 saturated heterocycles. The highest BCUT2D eigenvalue weighted by atomic mass is 35.5. The molecular formula is C20H22Cl2N2O2. The number of carboxylic acids is 1. The maximum atomic E-state index is 11.1. The lowest BCUT2D eigenvalue weighted by Crippen LogP contribution is -2.23. The lowest BCUT2D eigenvalue weighted by atomic mass is 10.1. The molecule has 2 aromatic carbocycles. The number of aliphatic carboxylic acids is 1. The number of carbonyl (C=O) groups is 1. The zero-order chi connectivity index (χ0) is 18.7. The number of likely N-dealkylation sites (tertiary alicyclic amines) is 1. The third-order valence-electron chi connectivity index (χ3n) is 4.78. The number of aryl methyl sites for hydroxylation is 1. The Balaban J connectivity index is 1.64. The Bertz CT molecular complexity index is 810. The van der Waals surface area contributed by atoms with Crippen LogP contribution in [0.1, 0.15) is 23.1 Å². The van der Waals surface area contributed by atoms with Crippen LogP contribution < -0.4 is 5.32 Å². The Morgan fingerprint density at radius 2 is 2.00 bits per heavy atom. The van der Waals surface area contributed by atoms with Gasteiger partial charge >= 0.3 is 5.97 Å². The first-order chi connectivity index (χ1) is 12.4. The van der Waals surface area contributed by atoms with Crippen LogP contribution in [-0.2, 0) is 17.9 Å². The molecule has 6 heteroatoms. The van der Waals surface area contributed by atoms with Gasteiger partial charge in [0.05, 0.1) is 5.92 Å². The summed E-state index contributed by atoms with van der Waals surface area (Å²) in [5.41, 5.74) is 4.22. The van der Waals surface area contributed by atoms with Gasteiger partial charge in [-0.25, -0.2) is 0 Å². The molecule has 0 spiro atoms. The third kappa shape index (κ3) is 4.70. The van der Waals surface area contributed by atoms with Crippen LogP contribution >= 0.6 is 23.2 Å². The summed E-state index contributed by atoms with van der Waals surface area (Å²) >= 11 is 12.4. The smallest absolute Gasteiger partial charge is 0.307 e. The quantitative estimate of drug-likeness (QED) is 0.739. The summed E-state index contributed by atoms with van der Waals surface area (Å²) in [6.45, 7) is 4.72. The van der Waals surface area contributed by atoms with Gasteiger partial charge in [-0.15, -0.1) is 0 Å². The largest absolute Gasteiger partial charge is 0.481 e. The van der Waals surface area contributed by atoms with Gasteiger partial charge in [0, 0.05) is 35.4 Å². The standard InChI is InChI=1S/C20H22Cl2N2O2/c1-13-8-14(2-4-18(13)21)10-23-17-3-5-19(22)16(9-17)12-24-7-6-15(11-24)20(25)26/h2-5,8-9,15,23H,6-7,10-12H2,1H3,(H,25,26). The zero-order valence-corrected chi connectivity index (χ0v) is 16.1. The van der Waals surface area contributed by atoms with Crippen molar-refractivity contribution in [3.05, 3.63) is 63.1 Å². The van der Waals surface area contributed by atoms with Crippen molar-refractivity contribution in [1.82, 2.24) is 4.90 Å². The van der Waals surface area contributed by atoms with Crippen molar-refractivity contribution in [2.75, 3.05) is 18.4 Å². The molecule has 26 heavy (non-hydrogen) atoms. The fourth-order valence-electron chi connectivity index (χ4n) is 3.25. The van der Waals surface area contributed by atoms with E-state index in [1.807, 2.05) is 37.3 Å². The SMILES string of the molecule is Cc1cc(CNc2ccc(Cl)c(CN3CCC(C(=O)O)C3)c2)ccc1Cl. The van der Waals surface area contributed by atoms with E-state index in [4.69, 9.17) is 28.3 Å². The van der Waals surface area contributed by atoms with Gasteiger partial charge in [-0.1, -0.05) is 35.3 Å². The summed E-state index contributed by atoms with van der Waals surface area (Å²) in [5, 5.41) is 14.0. The lowest BCUT2D eigenvalue weighted by molar-refractivity contribution is -0.141. The van der Waals surface area contributed by atoms with Crippen molar-refractivity contribution < 1.29 is 9.90 Å². The highest BCUT2D eigenvalue weighted by Crippen LogP contribution is 2.26. The summed E-state index contributed by atoms with van der Waals surface area (Å²) in [5.74, 6) is -0.990. The van der Waals surface area contributed by atoms with Crippen molar-refractivity contribution in [2.45, 2.75) is 26.4 Å². The van der Waals surface area contributed by atoms with Crippen molar-refractivity contribution >= 4 is 34.9 Å². The van der Waals surface area contributed by atoms with E-state index in [0.717, 1.165) is 33.9 Å². The van der Waals surface area contributed by atoms with Crippen LogP contribution in [0.25, 0.3) is 0 Å². The van der Waals surface area contributed by atoms with E-state index in [0.29, 0.717) is 31.1 Å². The minimum atomic E-state index is -0.715. The van der Waals surface area contributed by atoms with Gasteiger partial charge in [0.25, 0.3) is 0 Å².